The summed E-state index contributed by atoms with van der Waals surface area (Å²) in [5, 5.41) is 18.9. The molecule has 0 aliphatic heterocycles. The fourth-order valence-corrected chi connectivity index (χ4v) is 2.90. The van der Waals surface area contributed by atoms with Crippen molar-refractivity contribution in [1.82, 2.24) is 16.0 Å². The van der Waals surface area contributed by atoms with E-state index in [2.05, 4.69) is 21.3 Å². The number of amides is 5. The van der Waals surface area contributed by atoms with Crippen LogP contribution in [0.2, 0.25) is 0 Å². The third-order valence-corrected chi connectivity index (χ3v) is 4.65. The predicted octanol–water partition coefficient (Wildman–Crippen LogP) is 0.109. The summed E-state index contributed by atoms with van der Waals surface area (Å²) in [6.45, 7) is 4.37. The Balaban J connectivity index is 2.84. The molecule has 1 rings (SSSR count). The maximum Gasteiger partial charge on any atom is 0.329 e. The molecule has 0 fully saturated rings. The second-order valence-corrected chi connectivity index (χ2v) is 8.03. The molecule has 0 aliphatic carbocycles. The number of aliphatic carboxylic acids is 1. The number of benzene rings is 1. The van der Waals surface area contributed by atoms with E-state index in [4.69, 9.17) is 15.6 Å². The highest BCUT2D eigenvalue weighted by atomic mass is 16.5. The number of aryl methyl sites for hydroxylation is 1. The third kappa shape index (κ3) is 11.3. The molecule has 0 bridgehead atoms. The first-order valence-electron chi connectivity index (χ1n) is 10.8. The largest absolute Gasteiger partial charge is 0.480 e. The van der Waals surface area contributed by atoms with E-state index in [-0.39, 0.29) is 18.9 Å². The summed E-state index contributed by atoms with van der Waals surface area (Å²) >= 11 is 0. The van der Waals surface area contributed by atoms with E-state index in [1.54, 1.807) is 26.0 Å². The monoisotopic (exact) mass is 479 g/mol. The fourth-order valence-electron chi connectivity index (χ4n) is 2.90. The second-order valence-electron chi connectivity index (χ2n) is 8.03. The van der Waals surface area contributed by atoms with Crippen molar-refractivity contribution in [1.29, 1.82) is 0 Å². The number of rotatable bonds is 14. The van der Waals surface area contributed by atoms with Gasteiger partial charge in [0.15, 0.2) is 0 Å². The van der Waals surface area contributed by atoms with Crippen LogP contribution in [0.5, 0.6) is 0 Å². The van der Waals surface area contributed by atoms with Gasteiger partial charge in [0.1, 0.15) is 25.3 Å². The first-order valence-corrected chi connectivity index (χ1v) is 10.8. The lowest BCUT2D eigenvalue weighted by molar-refractivity contribution is -0.144. The Morgan fingerprint density at radius 3 is 2.21 bits per heavy atom. The zero-order chi connectivity index (χ0) is 25.7. The van der Waals surface area contributed by atoms with Crippen molar-refractivity contribution in [3.63, 3.8) is 0 Å². The average Bonchev–Trinajstić information content (AvgIpc) is 2.74. The third-order valence-electron chi connectivity index (χ3n) is 4.65. The Hall–Kier alpha value is -3.67. The van der Waals surface area contributed by atoms with Gasteiger partial charge in [0.2, 0.25) is 17.7 Å². The van der Waals surface area contributed by atoms with Gasteiger partial charge in [0, 0.05) is 12.2 Å². The van der Waals surface area contributed by atoms with Crippen LogP contribution >= 0.6 is 0 Å². The normalized spacial score (nSPS) is 12.4. The summed E-state index contributed by atoms with van der Waals surface area (Å²) in [6.07, 6.45) is 0.557. The van der Waals surface area contributed by atoms with Crippen LogP contribution in [0.15, 0.2) is 24.3 Å². The van der Waals surface area contributed by atoms with E-state index in [0.29, 0.717) is 12.1 Å². The molecular weight excluding hydrogens is 446 g/mol. The summed E-state index contributed by atoms with van der Waals surface area (Å²) in [5.41, 5.74) is 6.62. The smallest absolute Gasteiger partial charge is 0.329 e. The summed E-state index contributed by atoms with van der Waals surface area (Å²) in [4.78, 5) is 59.3. The first kappa shape index (κ1) is 28.4. The standard InChI is InChI=1S/C22H33N5O7/c1-13(2)19(27-17(28)11-34-12-18(29)30)21(32)26-16(5-4-10-24-22(23)33)20(31)25-15-8-6-14(3)7-9-15/h6-9,13,16,19H,4-5,10-12H2,1-3H3,(H,25,31)(H,26,32)(H,27,28)(H,29,30)(H3,23,24,33)/t16-,19-/m0/s1. The highest BCUT2D eigenvalue weighted by Gasteiger charge is 2.28. The molecule has 34 heavy (non-hydrogen) atoms. The topological polar surface area (TPSA) is 189 Å². The molecule has 0 unspecified atom stereocenters. The minimum Gasteiger partial charge on any atom is -0.480 e. The first-order chi connectivity index (χ1) is 16.0. The number of hydrogen-bond acceptors (Lipinski definition) is 6. The molecule has 0 aliphatic rings. The zero-order valence-electron chi connectivity index (χ0n) is 19.6. The van der Waals surface area contributed by atoms with Gasteiger partial charge in [0.05, 0.1) is 0 Å². The van der Waals surface area contributed by atoms with Crippen LogP contribution in [0, 0.1) is 12.8 Å². The molecule has 0 radical (unpaired) electrons. The van der Waals surface area contributed by atoms with Crippen LogP contribution in [-0.2, 0) is 23.9 Å². The molecule has 2 atom stereocenters. The van der Waals surface area contributed by atoms with Crippen LogP contribution in [0.3, 0.4) is 0 Å². The molecule has 7 N–H and O–H groups in total. The average molecular weight is 480 g/mol. The van der Waals surface area contributed by atoms with Crippen molar-refractivity contribution in [3.05, 3.63) is 29.8 Å². The van der Waals surface area contributed by atoms with Crippen LogP contribution in [0.4, 0.5) is 10.5 Å². The molecule has 0 spiro atoms. The Kier molecular flexibility index (Phi) is 12.1. The molecule has 1 aromatic carbocycles. The number of urea groups is 1. The lowest BCUT2D eigenvalue weighted by Gasteiger charge is -2.25. The Morgan fingerprint density at radius 1 is 1.00 bits per heavy atom. The van der Waals surface area contributed by atoms with E-state index in [0.717, 1.165) is 5.56 Å². The number of carboxylic acids is 1. The van der Waals surface area contributed by atoms with Crippen molar-refractivity contribution < 1.29 is 33.8 Å². The van der Waals surface area contributed by atoms with Gasteiger partial charge in [0.25, 0.3) is 0 Å². The summed E-state index contributed by atoms with van der Waals surface area (Å²) in [6, 6.07) is 4.49. The van der Waals surface area contributed by atoms with Gasteiger partial charge in [-0.3, -0.25) is 14.4 Å². The van der Waals surface area contributed by atoms with Gasteiger partial charge >= 0.3 is 12.0 Å². The number of carbonyl (C=O) groups excluding carboxylic acids is 4. The number of nitrogens with two attached hydrogens (primary N) is 1. The molecule has 12 heteroatoms. The summed E-state index contributed by atoms with van der Waals surface area (Å²) in [7, 11) is 0. The number of carboxylic acid groups (broad SMARTS) is 1. The Bertz CT molecular complexity index is 858. The van der Waals surface area contributed by atoms with Gasteiger partial charge in [-0.15, -0.1) is 0 Å². The van der Waals surface area contributed by atoms with Gasteiger partial charge in [-0.2, -0.15) is 0 Å². The van der Waals surface area contributed by atoms with E-state index in [1.165, 1.54) is 0 Å². The van der Waals surface area contributed by atoms with E-state index in [9.17, 15) is 24.0 Å². The SMILES string of the molecule is Cc1ccc(NC(=O)[C@H](CCCNC(N)=O)NC(=O)[C@@H](NC(=O)COCC(=O)O)C(C)C)cc1. The second kappa shape index (κ2) is 14.5. The molecule has 0 aromatic heterocycles. The highest BCUT2D eigenvalue weighted by molar-refractivity contribution is 5.98. The lowest BCUT2D eigenvalue weighted by Crippen LogP contribution is -2.55. The number of ether oxygens (including phenoxy) is 1. The van der Waals surface area contributed by atoms with Crippen LogP contribution in [-0.4, -0.2) is 66.7 Å². The van der Waals surface area contributed by atoms with Crippen molar-refractivity contribution in [2.75, 3.05) is 25.1 Å². The molecule has 12 nitrogen and oxygen atoms in total. The number of anilines is 1. The molecular formula is C22H33N5O7. The quantitative estimate of drug-likeness (QED) is 0.204. The van der Waals surface area contributed by atoms with Crippen molar-refractivity contribution in [3.8, 4) is 0 Å². The van der Waals surface area contributed by atoms with E-state index in [1.807, 2.05) is 19.1 Å². The van der Waals surface area contributed by atoms with Gasteiger partial charge < -0.3 is 36.8 Å². The van der Waals surface area contributed by atoms with Crippen molar-refractivity contribution >= 4 is 35.4 Å². The molecule has 188 valence electrons. The van der Waals surface area contributed by atoms with Crippen molar-refractivity contribution in [2.24, 2.45) is 11.7 Å². The van der Waals surface area contributed by atoms with Gasteiger partial charge in [-0.1, -0.05) is 31.5 Å². The number of nitrogens with one attached hydrogen (secondary N) is 4. The number of primary amides is 1. The molecule has 1 aromatic rings. The highest BCUT2D eigenvalue weighted by Crippen LogP contribution is 2.11. The number of carbonyl (C=O) groups is 5. The maximum absolute atomic E-state index is 12.9. The molecule has 5 amide bonds. The lowest BCUT2D eigenvalue weighted by atomic mass is 10.0. The van der Waals surface area contributed by atoms with Crippen LogP contribution < -0.4 is 27.0 Å². The van der Waals surface area contributed by atoms with Gasteiger partial charge in [-0.05, 0) is 37.8 Å². The zero-order valence-corrected chi connectivity index (χ0v) is 19.6. The fraction of sp³-hybridized carbons (Fsp3) is 0.500. The minimum atomic E-state index is -1.22. The molecule has 0 heterocycles. The van der Waals surface area contributed by atoms with E-state index < -0.39 is 55.0 Å². The number of hydrogen-bond donors (Lipinski definition) is 6. The Morgan fingerprint density at radius 2 is 1.65 bits per heavy atom. The summed E-state index contributed by atoms with van der Waals surface area (Å²) in [5.74, 6) is -3.27. The predicted molar refractivity (Wildman–Crippen MR) is 124 cm³/mol. The molecule has 0 saturated carbocycles. The molecule has 0 saturated heterocycles. The Labute approximate surface area is 198 Å². The van der Waals surface area contributed by atoms with Gasteiger partial charge in [-0.25, -0.2) is 9.59 Å². The minimum absolute atomic E-state index is 0.199. The van der Waals surface area contributed by atoms with Crippen LogP contribution in [0.1, 0.15) is 32.3 Å². The van der Waals surface area contributed by atoms with Crippen LogP contribution in [0.25, 0.3) is 0 Å². The van der Waals surface area contributed by atoms with E-state index >= 15 is 0 Å². The van der Waals surface area contributed by atoms with Crippen molar-refractivity contribution in [2.45, 2.75) is 45.7 Å². The summed E-state index contributed by atoms with van der Waals surface area (Å²) < 4.78 is 4.74. The maximum atomic E-state index is 12.9.